The lowest BCUT2D eigenvalue weighted by molar-refractivity contribution is 0.281. The highest BCUT2D eigenvalue weighted by Gasteiger charge is 2.09. The quantitative estimate of drug-likeness (QED) is 0.863. The van der Waals surface area contributed by atoms with Crippen LogP contribution in [0.4, 0.5) is 0 Å². The van der Waals surface area contributed by atoms with E-state index in [1.807, 2.05) is 32.0 Å². The Bertz CT molecular complexity index is 568. The van der Waals surface area contributed by atoms with E-state index < -0.39 is 0 Å². The third kappa shape index (κ3) is 2.55. The van der Waals surface area contributed by atoms with E-state index in [4.69, 9.17) is 0 Å². The molecule has 0 radical (unpaired) electrons. The molecule has 0 atom stereocenters. The van der Waals surface area contributed by atoms with Crippen LogP contribution >= 0.6 is 0 Å². The average Bonchev–Trinajstić information content (AvgIpc) is 2.38. The van der Waals surface area contributed by atoms with Gasteiger partial charge in [0.1, 0.15) is 0 Å². The Morgan fingerprint density at radius 1 is 0.944 bits per heavy atom. The van der Waals surface area contributed by atoms with Gasteiger partial charge >= 0.3 is 0 Å². The van der Waals surface area contributed by atoms with E-state index in [-0.39, 0.29) is 13.2 Å². The van der Waals surface area contributed by atoms with Crippen LogP contribution in [-0.2, 0) is 13.2 Å². The van der Waals surface area contributed by atoms with E-state index in [9.17, 15) is 10.2 Å². The van der Waals surface area contributed by atoms with Gasteiger partial charge in [0.25, 0.3) is 0 Å². The zero-order valence-electron chi connectivity index (χ0n) is 10.5. The minimum Gasteiger partial charge on any atom is -0.392 e. The summed E-state index contributed by atoms with van der Waals surface area (Å²) in [5.74, 6) is 0. The highest BCUT2D eigenvalue weighted by Crippen LogP contribution is 2.22. The van der Waals surface area contributed by atoms with Crippen LogP contribution < -0.4 is 0 Å². The summed E-state index contributed by atoms with van der Waals surface area (Å²) in [6.07, 6.45) is 0. The van der Waals surface area contributed by atoms with Crippen LogP contribution in [0.3, 0.4) is 0 Å². The first-order chi connectivity index (χ1) is 8.63. The Morgan fingerprint density at radius 3 is 2.39 bits per heavy atom. The molecule has 4 heteroatoms. The number of aromatic nitrogens is 2. The fourth-order valence-electron chi connectivity index (χ4n) is 1.89. The molecule has 0 saturated heterocycles. The number of hydrogen-bond acceptors (Lipinski definition) is 4. The van der Waals surface area contributed by atoms with E-state index in [2.05, 4.69) is 9.97 Å². The fraction of sp³-hybridized carbons (Fsp3) is 0.286. The number of aryl methyl sites for hydroxylation is 2. The monoisotopic (exact) mass is 244 g/mol. The number of hydrogen-bond donors (Lipinski definition) is 2. The van der Waals surface area contributed by atoms with Gasteiger partial charge in [0.15, 0.2) is 0 Å². The molecule has 2 N–H and O–H groups in total. The molecule has 2 aromatic rings. The maximum absolute atomic E-state index is 9.35. The molecule has 4 nitrogen and oxygen atoms in total. The zero-order chi connectivity index (χ0) is 13.1. The van der Waals surface area contributed by atoms with Gasteiger partial charge in [-0.05, 0) is 37.6 Å². The van der Waals surface area contributed by atoms with Crippen LogP contribution in [0, 0.1) is 13.8 Å². The number of aliphatic hydroxyl groups excluding tert-OH is 2. The number of aliphatic hydroxyl groups is 2. The van der Waals surface area contributed by atoms with Crippen LogP contribution in [0.2, 0.25) is 0 Å². The Balaban J connectivity index is 2.60. The van der Waals surface area contributed by atoms with Crippen molar-refractivity contribution in [3.8, 4) is 11.4 Å². The smallest absolute Gasteiger partial charge is 0.0944 e. The largest absolute Gasteiger partial charge is 0.392 e. The molecule has 0 aliphatic rings. The van der Waals surface area contributed by atoms with Crippen molar-refractivity contribution in [1.82, 2.24) is 9.97 Å². The molecule has 0 fully saturated rings. The van der Waals surface area contributed by atoms with E-state index in [0.717, 1.165) is 22.5 Å². The molecule has 0 unspecified atom stereocenters. The van der Waals surface area contributed by atoms with Crippen molar-refractivity contribution < 1.29 is 10.2 Å². The van der Waals surface area contributed by atoms with Gasteiger partial charge in [-0.25, -0.2) is 0 Å². The number of nitrogens with zero attached hydrogens (tertiary/aromatic N) is 2. The first-order valence-electron chi connectivity index (χ1n) is 5.80. The van der Waals surface area contributed by atoms with Crippen LogP contribution in [-0.4, -0.2) is 20.2 Å². The summed E-state index contributed by atoms with van der Waals surface area (Å²) in [4.78, 5) is 8.84. The summed E-state index contributed by atoms with van der Waals surface area (Å²) in [6.45, 7) is 3.66. The molecule has 0 saturated carbocycles. The minimum atomic E-state index is -0.0767. The molecular formula is C14H16N2O2. The average molecular weight is 244 g/mol. The predicted octanol–water partition coefficient (Wildman–Crippen LogP) is 1.75. The number of rotatable bonds is 3. The zero-order valence-corrected chi connectivity index (χ0v) is 10.5. The molecule has 0 bridgehead atoms. The molecule has 18 heavy (non-hydrogen) atoms. The molecule has 0 aliphatic heterocycles. The van der Waals surface area contributed by atoms with Crippen LogP contribution in [0.15, 0.2) is 24.3 Å². The molecule has 2 aromatic heterocycles. The van der Waals surface area contributed by atoms with Gasteiger partial charge in [-0.15, -0.1) is 0 Å². The summed E-state index contributed by atoms with van der Waals surface area (Å²) in [6, 6.07) is 7.34. The molecule has 2 heterocycles. The Labute approximate surface area is 106 Å². The van der Waals surface area contributed by atoms with Gasteiger partial charge in [-0.3, -0.25) is 9.97 Å². The third-order valence-electron chi connectivity index (χ3n) is 2.73. The summed E-state index contributed by atoms with van der Waals surface area (Å²) >= 11 is 0. The van der Waals surface area contributed by atoms with Crippen molar-refractivity contribution in [1.29, 1.82) is 0 Å². The van der Waals surface area contributed by atoms with Crippen molar-refractivity contribution in [3.63, 3.8) is 0 Å². The van der Waals surface area contributed by atoms with Gasteiger partial charge in [-0.2, -0.15) is 0 Å². The lowest BCUT2D eigenvalue weighted by Crippen LogP contribution is -1.99. The summed E-state index contributed by atoms with van der Waals surface area (Å²) in [7, 11) is 0. The van der Waals surface area contributed by atoms with Gasteiger partial charge in [0.2, 0.25) is 0 Å². The summed E-state index contributed by atoms with van der Waals surface area (Å²) in [5, 5.41) is 18.6. The molecular weight excluding hydrogens is 228 g/mol. The van der Waals surface area contributed by atoms with Crippen molar-refractivity contribution in [2.24, 2.45) is 0 Å². The fourth-order valence-corrected chi connectivity index (χ4v) is 1.89. The standard InChI is InChI=1S/C14H16N2O2/c1-9-3-4-12(8-18)14(16-9)13-6-11(7-17)5-10(2)15-13/h3-6,17-18H,7-8H2,1-2H3. The van der Waals surface area contributed by atoms with Crippen molar-refractivity contribution in [2.75, 3.05) is 0 Å². The third-order valence-corrected chi connectivity index (χ3v) is 2.73. The first kappa shape index (κ1) is 12.7. The lowest BCUT2D eigenvalue weighted by Gasteiger charge is -2.09. The molecule has 0 spiro atoms. The predicted molar refractivity (Wildman–Crippen MR) is 68.8 cm³/mol. The summed E-state index contributed by atoms with van der Waals surface area (Å²) < 4.78 is 0. The normalized spacial score (nSPS) is 10.7. The van der Waals surface area contributed by atoms with Gasteiger partial charge in [0.05, 0.1) is 24.6 Å². The Kier molecular flexibility index (Phi) is 3.69. The second-order valence-corrected chi connectivity index (χ2v) is 4.28. The molecule has 0 aromatic carbocycles. The van der Waals surface area contributed by atoms with Gasteiger partial charge < -0.3 is 10.2 Å². The van der Waals surface area contributed by atoms with Crippen molar-refractivity contribution in [3.05, 3.63) is 46.8 Å². The van der Waals surface area contributed by atoms with Gasteiger partial charge in [0, 0.05) is 17.0 Å². The topological polar surface area (TPSA) is 66.2 Å². The summed E-state index contributed by atoms with van der Waals surface area (Å²) in [5.41, 5.74) is 4.59. The van der Waals surface area contributed by atoms with Crippen molar-refractivity contribution >= 4 is 0 Å². The highest BCUT2D eigenvalue weighted by atomic mass is 16.3. The Morgan fingerprint density at radius 2 is 1.72 bits per heavy atom. The molecule has 0 aliphatic carbocycles. The maximum atomic E-state index is 9.35. The van der Waals surface area contributed by atoms with E-state index >= 15 is 0 Å². The van der Waals surface area contributed by atoms with Crippen LogP contribution in [0.5, 0.6) is 0 Å². The molecule has 94 valence electrons. The second kappa shape index (κ2) is 5.25. The molecule has 0 amide bonds. The lowest BCUT2D eigenvalue weighted by atomic mass is 10.1. The SMILES string of the molecule is Cc1cc(CO)cc(-c2nc(C)ccc2CO)n1. The van der Waals surface area contributed by atoms with Gasteiger partial charge in [-0.1, -0.05) is 6.07 Å². The number of pyridine rings is 2. The van der Waals surface area contributed by atoms with Crippen LogP contribution in [0.25, 0.3) is 11.4 Å². The molecule has 2 rings (SSSR count). The second-order valence-electron chi connectivity index (χ2n) is 4.28. The minimum absolute atomic E-state index is 0.0311. The maximum Gasteiger partial charge on any atom is 0.0944 e. The van der Waals surface area contributed by atoms with Crippen molar-refractivity contribution in [2.45, 2.75) is 27.1 Å². The van der Waals surface area contributed by atoms with E-state index in [1.165, 1.54) is 0 Å². The van der Waals surface area contributed by atoms with Crippen LogP contribution in [0.1, 0.15) is 22.5 Å². The Hall–Kier alpha value is -1.78. The van der Waals surface area contributed by atoms with E-state index in [0.29, 0.717) is 11.4 Å². The van der Waals surface area contributed by atoms with E-state index in [1.54, 1.807) is 6.07 Å². The first-order valence-corrected chi connectivity index (χ1v) is 5.80. The highest BCUT2D eigenvalue weighted by molar-refractivity contribution is 5.60.